The van der Waals surface area contributed by atoms with E-state index in [9.17, 15) is 4.79 Å². The molecule has 0 aliphatic carbocycles. The second kappa shape index (κ2) is 7.92. The summed E-state index contributed by atoms with van der Waals surface area (Å²) >= 11 is 0. The van der Waals surface area contributed by atoms with Crippen molar-refractivity contribution in [3.63, 3.8) is 0 Å². The van der Waals surface area contributed by atoms with Crippen LogP contribution < -0.4 is 11.5 Å². The number of hydrogen-bond donors (Lipinski definition) is 2. The minimum Gasteiger partial charge on any atom is -0.383 e. The molecule has 0 atom stereocenters. The summed E-state index contributed by atoms with van der Waals surface area (Å²) in [5.74, 6) is 0.911. The number of nitrogen functional groups attached to an aromatic ring is 1. The fourth-order valence-corrected chi connectivity index (χ4v) is 3.61. The number of rotatable bonds is 5. The third-order valence-electron chi connectivity index (χ3n) is 5.13. The number of fused-ring (bicyclic) bond motifs is 1. The number of nitrogens with two attached hydrogens (primary N) is 2. The molecule has 4 N–H and O–H groups in total. The Morgan fingerprint density at radius 1 is 0.929 bits per heavy atom. The predicted molar refractivity (Wildman–Crippen MR) is 109 cm³/mol. The molecule has 0 unspecified atom stereocenters. The van der Waals surface area contributed by atoms with Crippen LogP contribution in [-0.4, -0.2) is 51.9 Å². The standard InChI is InChI=1S/C21H24N6O/c22-20-17-6-1-2-7-18(17)24-19(25-20)14-27-10-8-26(9-11-27)13-15-4-3-5-16(12-15)21(23)28/h1-7,12H,8-11,13-14H2,(H2,23,28)(H2,22,24,25). The van der Waals surface area contributed by atoms with Gasteiger partial charge in [-0.1, -0.05) is 24.3 Å². The number of carbonyl (C=O) groups excluding carboxylic acids is 1. The highest BCUT2D eigenvalue weighted by Gasteiger charge is 2.19. The van der Waals surface area contributed by atoms with E-state index in [4.69, 9.17) is 11.5 Å². The normalized spacial score (nSPS) is 15.7. The van der Waals surface area contributed by atoms with E-state index in [2.05, 4.69) is 19.8 Å². The van der Waals surface area contributed by atoms with Gasteiger partial charge in [-0.05, 0) is 29.8 Å². The number of carbonyl (C=O) groups is 1. The second-order valence-corrected chi connectivity index (χ2v) is 7.16. The Balaban J connectivity index is 1.36. The lowest BCUT2D eigenvalue weighted by Gasteiger charge is -2.34. The zero-order valence-electron chi connectivity index (χ0n) is 15.7. The Kier molecular flexibility index (Phi) is 5.18. The Labute approximate surface area is 164 Å². The van der Waals surface area contributed by atoms with E-state index in [1.807, 2.05) is 42.5 Å². The van der Waals surface area contributed by atoms with Crippen LogP contribution in [0, 0.1) is 0 Å². The third-order valence-corrected chi connectivity index (χ3v) is 5.13. The molecule has 7 nitrogen and oxygen atoms in total. The number of nitrogens with zero attached hydrogens (tertiary/aromatic N) is 4. The van der Waals surface area contributed by atoms with E-state index in [0.717, 1.165) is 55.0 Å². The summed E-state index contributed by atoms with van der Waals surface area (Å²) in [6.07, 6.45) is 0. The Bertz CT molecular complexity index is 997. The lowest BCUT2D eigenvalue weighted by atomic mass is 10.1. The van der Waals surface area contributed by atoms with Crippen molar-refractivity contribution in [2.45, 2.75) is 13.1 Å². The molecule has 3 aromatic rings. The van der Waals surface area contributed by atoms with Gasteiger partial charge in [0.2, 0.25) is 5.91 Å². The molecular weight excluding hydrogens is 352 g/mol. The average Bonchev–Trinajstić information content (AvgIpc) is 2.70. The maximum Gasteiger partial charge on any atom is 0.248 e. The van der Waals surface area contributed by atoms with Crippen molar-refractivity contribution in [2.24, 2.45) is 5.73 Å². The van der Waals surface area contributed by atoms with Gasteiger partial charge in [0.05, 0.1) is 12.1 Å². The van der Waals surface area contributed by atoms with Crippen molar-refractivity contribution >= 4 is 22.6 Å². The van der Waals surface area contributed by atoms with E-state index < -0.39 is 0 Å². The fraction of sp³-hybridized carbons (Fsp3) is 0.286. The van der Waals surface area contributed by atoms with Crippen LogP contribution in [0.5, 0.6) is 0 Å². The van der Waals surface area contributed by atoms with Gasteiger partial charge in [-0.3, -0.25) is 14.6 Å². The van der Waals surface area contributed by atoms with E-state index in [-0.39, 0.29) is 5.91 Å². The minimum absolute atomic E-state index is 0.388. The predicted octanol–water partition coefficient (Wildman–Crippen LogP) is 1.63. The monoisotopic (exact) mass is 376 g/mol. The summed E-state index contributed by atoms with van der Waals surface area (Å²) < 4.78 is 0. The van der Waals surface area contributed by atoms with Crippen LogP contribution in [0.1, 0.15) is 21.7 Å². The van der Waals surface area contributed by atoms with E-state index in [1.54, 1.807) is 6.07 Å². The molecule has 28 heavy (non-hydrogen) atoms. The molecule has 1 aliphatic rings. The maximum atomic E-state index is 11.3. The lowest BCUT2D eigenvalue weighted by molar-refractivity contribution is 0.0999. The summed E-state index contributed by atoms with van der Waals surface area (Å²) in [7, 11) is 0. The lowest BCUT2D eigenvalue weighted by Crippen LogP contribution is -2.45. The summed E-state index contributed by atoms with van der Waals surface area (Å²) in [6.45, 7) is 5.28. The minimum atomic E-state index is -0.388. The van der Waals surface area contributed by atoms with Crippen LogP contribution in [0.3, 0.4) is 0 Å². The largest absolute Gasteiger partial charge is 0.383 e. The van der Waals surface area contributed by atoms with Gasteiger partial charge in [0.25, 0.3) is 0 Å². The highest BCUT2D eigenvalue weighted by atomic mass is 16.1. The molecule has 7 heteroatoms. The number of primary amides is 1. The van der Waals surface area contributed by atoms with Gasteiger partial charge in [-0.2, -0.15) is 0 Å². The number of benzene rings is 2. The number of anilines is 1. The van der Waals surface area contributed by atoms with Gasteiger partial charge in [0.15, 0.2) is 0 Å². The zero-order chi connectivity index (χ0) is 19.5. The van der Waals surface area contributed by atoms with Crippen molar-refractivity contribution in [1.82, 2.24) is 19.8 Å². The Hall–Kier alpha value is -3.03. The van der Waals surface area contributed by atoms with Crippen LogP contribution in [0.15, 0.2) is 48.5 Å². The number of amides is 1. The van der Waals surface area contributed by atoms with E-state index in [1.165, 1.54) is 0 Å². The maximum absolute atomic E-state index is 11.3. The van der Waals surface area contributed by atoms with Gasteiger partial charge >= 0.3 is 0 Å². The fourth-order valence-electron chi connectivity index (χ4n) is 3.61. The number of aromatic nitrogens is 2. The molecule has 1 fully saturated rings. The average molecular weight is 376 g/mol. The molecule has 0 bridgehead atoms. The first kappa shape index (κ1) is 18.3. The van der Waals surface area contributed by atoms with Gasteiger partial charge in [0, 0.05) is 43.7 Å². The van der Waals surface area contributed by atoms with Crippen LogP contribution >= 0.6 is 0 Å². The summed E-state index contributed by atoms with van der Waals surface area (Å²) in [4.78, 5) is 25.2. The van der Waals surface area contributed by atoms with Crippen LogP contribution in [0.4, 0.5) is 5.82 Å². The smallest absolute Gasteiger partial charge is 0.248 e. The summed E-state index contributed by atoms with van der Waals surface area (Å²) in [5.41, 5.74) is 14.0. The zero-order valence-corrected chi connectivity index (χ0v) is 15.7. The second-order valence-electron chi connectivity index (χ2n) is 7.16. The first-order chi connectivity index (χ1) is 13.6. The molecule has 0 spiro atoms. The molecule has 0 saturated carbocycles. The molecule has 0 radical (unpaired) electrons. The van der Waals surface area contributed by atoms with Crippen molar-refractivity contribution in [3.05, 3.63) is 65.5 Å². The molecule has 1 amide bonds. The number of piperazine rings is 1. The highest BCUT2D eigenvalue weighted by Crippen LogP contribution is 2.18. The molecule has 1 saturated heterocycles. The first-order valence-electron chi connectivity index (χ1n) is 9.43. The molecule has 4 rings (SSSR count). The van der Waals surface area contributed by atoms with Crippen LogP contribution in [0.2, 0.25) is 0 Å². The number of hydrogen-bond acceptors (Lipinski definition) is 6. The molecule has 1 aliphatic heterocycles. The highest BCUT2D eigenvalue weighted by molar-refractivity contribution is 5.92. The van der Waals surface area contributed by atoms with Crippen LogP contribution in [-0.2, 0) is 13.1 Å². The van der Waals surface area contributed by atoms with E-state index >= 15 is 0 Å². The molecular formula is C21H24N6O. The van der Waals surface area contributed by atoms with Gasteiger partial charge < -0.3 is 11.5 Å². The van der Waals surface area contributed by atoms with Crippen molar-refractivity contribution in [1.29, 1.82) is 0 Å². The topological polar surface area (TPSA) is 101 Å². The molecule has 2 heterocycles. The first-order valence-corrected chi connectivity index (χ1v) is 9.43. The number of para-hydroxylation sites is 1. The summed E-state index contributed by atoms with van der Waals surface area (Å²) in [5, 5.41) is 0.897. The van der Waals surface area contributed by atoms with Crippen molar-refractivity contribution < 1.29 is 4.79 Å². The molecule has 1 aromatic heterocycles. The summed E-state index contributed by atoms with van der Waals surface area (Å²) in [6, 6.07) is 15.4. The third kappa shape index (κ3) is 4.11. The van der Waals surface area contributed by atoms with Gasteiger partial charge in [-0.15, -0.1) is 0 Å². The van der Waals surface area contributed by atoms with Gasteiger partial charge in [-0.25, -0.2) is 9.97 Å². The van der Waals surface area contributed by atoms with Crippen molar-refractivity contribution in [2.75, 3.05) is 31.9 Å². The Morgan fingerprint density at radius 3 is 2.39 bits per heavy atom. The quantitative estimate of drug-likeness (QED) is 0.702. The molecule has 2 aromatic carbocycles. The molecule has 144 valence electrons. The van der Waals surface area contributed by atoms with E-state index in [0.29, 0.717) is 17.9 Å². The van der Waals surface area contributed by atoms with Crippen molar-refractivity contribution in [3.8, 4) is 0 Å². The Morgan fingerprint density at radius 2 is 1.64 bits per heavy atom. The SMILES string of the molecule is NC(=O)c1cccc(CN2CCN(Cc3nc(N)c4ccccc4n3)CC2)c1. The van der Waals surface area contributed by atoms with Gasteiger partial charge in [0.1, 0.15) is 11.6 Å². The van der Waals surface area contributed by atoms with Crippen LogP contribution in [0.25, 0.3) is 10.9 Å².